The molecule has 1 fully saturated rings. The summed E-state index contributed by atoms with van der Waals surface area (Å²) < 4.78 is 0. The largest absolute Gasteiger partial charge is 0.354 e. The van der Waals surface area contributed by atoms with Crippen molar-refractivity contribution in [2.45, 2.75) is 38.6 Å². The van der Waals surface area contributed by atoms with Gasteiger partial charge in [0.15, 0.2) is 0 Å². The minimum atomic E-state index is 0.0794. The fraction of sp³-hybridized carbons (Fsp3) is 0.562. The van der Waals surface area contributed by atoms with E-state index in [1.807, 2.05) is 12.1 Å². The van der Waals surface area contributed by atoms with E-state index in [9.17, 15) is 4.79 Å². The zero-order chi connectivity index (χ0) is 14.5. The number of likely N-dealkylation sites (tertiary alicyclic amines) is 1. The SMILES string of the molecule is CC(=O)NC1CCN(CC(C)c2cccc(Cl)c2)CC1. The Morgan fingerprint density at radius 3 is 2.75 bits per heavy atom. The fourth-order valence-corrected chi connectivity index (χ4v) is 3.05. The molecule has 1 amide bonds. The van der Waals surface area contributed by atoms with E-state index in [4.69, 9.17) is 11.6 Å². The van der Waals surface area contributed by atoms with E-state index in [2.05, 4.69) is 29.3 Å². The van der Waals surface area contributed by atoms with Gasteiger partial charge in [0.05, 0.1) is 0 Å². The zero-order valence-electron chi connectivity index (χ0n) is 12.2. The van der Waals surface area contributed by atoms with Gasteiger partial charge in [0.2, 0.25) is 5.91 Å². The number of halogens is 1. The molecule has 1 aliphatic heterocycles. The van der Waals surface area contributed by atoms with E-state index >= 15 is 0 Å². The highest BCUT2D eigenvalue weighted by Gasteiger charge is 2.21. The molecule has 1 N–H and O–H groups in total. The van der Waals surface area contributed by atoms with Crippen LogP contribution in [0.2, 0.25) is 5.02 Å². The Bertz CT molecular complexity index is 456. The van der Waals surface area contributed by atoms with Crippen LogP contribution in [-0.2, 0) is 4.79 Å². The molecule has 1 saturated heterocycles. The molecule has 1 aliphatic rings. The summed E-state index contributed by atoms with van der Waals surface area (Å²) in [5.41, 5.74) is 1.29. The van der Waals surface area contributed by atoms with Crippen LogP contribution in [0, 0.1) is 0 Å². The maximum atomic E-state index is 11.1. The normalized spacial score (nSPS) is 18.8. The third-order valence-electron chi connectivity index (χ3n) is 3.94. The smallest absolute Gasteiger partial charge is 0.217 e. The Hall–Kier alpha value is -1.06. The average molecular weight is 295 g/mol. The number of nitrogens with zero attached hydrogens (tertiary/aromatic N) is 1. The Balaban J connectivity index is 1.82. The van der Waals surface area contributed by atoms with Crippen LogP contribution < -0.4 is 5.32 Å². The lowest BCUT2D eigenvalue weighted by molar-refractivity contribution is -0.119. The zero-order valence-corrected chi connectivity index (χ0v) is 13.0. The molecule has 0 aliphatic carbocycles. The number of hydrogen-bond donors (Lipinski definition) is 1. The lowest BCUT2D eigenvalue weighted by Crippen LogP contribution is -2.44. The van der Waals surface area contributed by atoms with Gasteiger partial charge in [0, 0.05) is 37.6 Å². The Morgan fingerprint density at radius 2 is 2.15 bits per heavy atom. The van der Waals surface area contributed by atoms with Crippen LogP contribution in [-0.4, -0.2) is 36.5 Å². The van der Waals surface area contributed by atoms with Gasteiger partial charge in [-0.25, -0.2) is 0 Å². The first-order valence-electron chi connectivity index (χ1n) is 7.29. The van der Waals surface area contributed by atoms with Crippen molar-refractivity contribution in [2.75, 3.05) is 19.6 Å². The van der Waals surface area contributed by atoms with E-state index in [0.717, 1.165) is 37.5 Å². The van der Waals surface area contributed by atoms with Crippen molar-refractivity contribution in [1.29, 1.82) is 0 Å². The molecule has 0 aromatic heterocycles. The molecule has 1 heterocycles. The first-order chi connectivity index (χ1) is 9.54. The van der Waals surface area contributed by atoms with Crippen LogP contribution in [0.25, 0.3) is 0 Å². The van der Waals surface area contributed by atoms with E-state index in [1.54, 1.807) is 6.92 Å². The number of hydrogen-bond acceptors (Lipinski definition) is 2. The first-order valence-corrected chi connectivity index (χ1v) is 7.67. The van der Waals surface area contributed by atoms with Gasteiger partial charge in [0.1, 0.15) is 0 Å². The minimum Gasteiger partial charge on any atom is -0.354 e. The van der Waals surface area contributed by atoms with Crippen LogP contribution in [0.5, 0.6) is 0 Å². The molecule has 2 rings (SSSR count). The molecule has 1 unspecified atom stereocenters. The highest BCUT2D eigenvalue weighted by molar-refractivity contribution is 6.30. The summed E-state index contributed by atoms with van der Waals surface area (Å²) in [5.74, 6) is 0.557. The lowest BCUT2D eigenvalue weighted by Gasteiger charge is -2.33. The Labute approximate surface area is 126 Å². The maximum Gasteiger partial charge on any atom is 0.217 e. The number of carbonyl (C=O) groups is 1. The molecule has 1 atom stereocenters. The van der Waals surface area contributed by atoms with E-state index < -0.39 is 0 Å². The van der Waals surface area contributed by atoms with E-state index in [1.165, 1.54) is 5.56 Å². The minimum absolute atomic E-state index is 0.0794. The maximum absolute atomic E-state index is 11.1. The quantitative estimate of drug-likeness (QED) is 0.926. The van der Waals surface area contributed by atoms with E-state index in [0.29, 0.717) is 12.0 Å². The second kappa shape index (κ2) is 7.09. The van der Waals surface area contributed by atoms with Crippen molar-refractivity contribution in [3.05, 3.63) is 34.9 Å². The molecular weight excluding hydrogens is 272 g/mol. The highest BCUT2D eigenvalue weighted by atomic mass is 35.5. The molecule has 20 heavy (non-hydrogen) atoms. The topological polar surface area (TPSA) is 32.3 Å². The summed E-state index contributed by atoms with van der Waals surface area (Å²) >= 11 is 6.05. The van der Waals surface area contributed by atoms with Crippen molar-refractivity contribution < 1.29 is 4.79 Å². The molecular formula is C16H23ClN2O. The van der Waals surface area contributed by atoms with Crippen LogP contribution in [0.1, 0.15) is 38.2 Å². The second-order valence-corrected chi connectivity index (χ2v) is 6.17. The number of amides is 1. The Kier molecular flexibility index (Phi) is 5.44. The molecule has 1 aromatic rings. The molecule has 110 valence electrons. The van der Waals surface area contributed by atoms with Crippen LogP contribution in [0.3, 0.4) is 0 Å². The number of rotatable bonds is 4. The lowest BCUT2D eigenvalue weighted by atomic mass is 9.98. The molecule has 1 aromatic carbocycles. The van der Waals surface area contributed by atoms with Gasteiger partial charge in [0.25, 0.3) is 0 Å². The summed E-state index contributed by atoms with van der Waals surface area (Å²) in [6, 6.07) is 8.47. The van der Waals surface area contributed by atoms with Crippen molar-refractivity contribution in [3.8, 4) is 0 Å². The standard InChI is InChI=1S/C16H23ClN2O/c1-12(14-4-3-5-15(17)10-14)11-19-8-6-16(7-9-19)18-13(2)20/h3-5,10,12,16H,6-9,11H2,1-2H3,(H,18,20). The number of piperidine rings is 1. The molecule has 0 bridgehead atoms. The van der Waals surface area contributed by atoms with Crippen LogP contribution in [0.4, 0.5) is 0 Å². The third kappa shape index (κ3) is 4.50. The summed E-state index contributed by atoms with van der Waals surface area (Å²) in [7, 11) is 0. The first kappa shape index (κ1) is 15.3. The number of nitrogens with one attached hydrogen (secondary N) is 1. The van der Waals surface area contributed by atoms with Crippen molar-refractivity contribution in [1.82, 2.24) is 10.2 Å². The molecule has 0 saturated carbocycles. The predicted octanol–water partition coefficient (Wildman–Crippen LogP) is 3.04. The summed E-state index contributed by atoms with van der Waals surface area (Å²) in [6.07, 6.45) is 2.09. The monoisotopic (exact) mass is 294 g/mol. The average Bonchev–Trinajstić information content (AvgIpc) is 2.40. The summed E-state index contributed by atoms with van der Waals surface area (Å²) in [5, 5.41) is 3.82. The van der Waals surface area contributed by atoms with Gasteiger partial charge in [-0.3, -0.25) is 4.79 Å². The van der Waals surface area contributed by atoms with Crippen molar-refractivity contribution in [2.24, 2.45) is 0 Å². The molecule has 4 heteroatoms. The fourth-order valence-electron chi connectivity index (χ4n) is 2.85. The van der Waals surface area contributed by atoms with Crippen molar-refractivity contribution in [3.63, 3.8) is 0 Å². The summed E-state index contributed by atoms with van der Waals surface area (Å²) in [6.45, 7) is 6.98. The van der Waals surface area contributed by atoms with Crippen LogP contribution >= 0.6 is 11.6 Å². The van der Waals surface area contributed by atoms with Crippen molar-refractivity contribution >= 4 is 17.5 Å². The number of benzene rings is 1. The van der Waals surface area contributed by atoms with Gasteiger partial charge in [-0.05, 0) is 36.5 Å². The van der Waals surface area contributed by atoms with Gasteiger partial charge >= 0.3 is 0 Å². The van der Waals surface area contributed by atoms with Gasteiger partial charge in [-0.2, -0.15) is 0 Å². The molecule has 3 nitrogen and oxygen atoms in total. The molecule has 0 spiro atoms. The van der Waals surface area contributed by atoms with Gasteiger partial charge in [-0.1, -0.05) is 30.7 Å². The third-order valence-corrected chi connectivity index (χ3v) is 4.18. The predicted molar refractivity (Wildman–Crippen MR) is 83.1 cm³/mol. The Morgan fingerprint density at radius 1 is 1.45 bits per heavy atom. The number of carbonyl (C=O) groups excluding carboxylic acids is 1. The van der Waals surface area contributed by atoms with Gasteiger partial charge in [-0.15, -0.1) is 0 Å². The van der Waals surface area contributed by atoms with E-state index in [-0.39, 0.29) is 5.91 Å². The summed E-state index contributed by atoms with van der Waals surface area (Å²) in [4.78, 5) is 13.5. The molecule has 0 radical (unpaired) electrons. The second-order valence-electron chi connectivity index (χ2n) is 5.73. The highest BCUT2D eigenvalue weighted by Crippen LogP contribution is 2.22. The van der Waals surface area contributed by atoms with Crippen LogP contribution in [0.15, 0.2) is 24.3 Å². The van der Waals surface area contributed by atoms with Gasteiger partial charge < -0.3 is 10.2 Å².